The fourth-order valence-electron chi connectivity index (χ4n) is 3.80. The van der Waals surface area contributed by atoms with Crippen molar-refractivity contribution in [3.8, 4) is 0 Å². The number of halogens is 1. The molecule has 5 nitrogen and oxygen atoms in total. The van der Waals surface area contributed by atoms with E-state index in [1.807, 2.05) is 24.3 Å². The Hall–Kier alpha value is -1.89. The second-order valence-corrected chi connectivity index (χ2v) is 10.1. The van der Waals surface area contributed by atoms with Crippen LogP contribution in [0.5, 0.6) is 0 Å². The number of carbonyl (C=O) groups is 1. The maximum atomic E-state index is 13.1. The van der Waals surface area contributed by atoms with Gasteiger partial charge in [-0.1, -0.05) is 43.5 Å². The number of benzene rings is 2. The zero-order valence-electron chi connectivity index (χ0n) is 17.3. The third-order valence-electron chi connectivity index (χ3n) is 5.47. The Morgan fingerprint density at radius 3 is 2.47 bits per heavy atom. The van der Waals surface area contributed by atoms with Crippen molar-refractivity contribution < 1.29 is 13.2 Å². The number of hydrogen-bond donors (Lipinski definition) is 1. The van der Waals surface area contributed by atoms with Crippen LogP contribution in [0.3, 0.4) is 0 Å². The third-order valence-corrected chi connectivity index (χ3v) is 7.69. The van der Waals surface area contributed by atoms with Crippen molar-refractivity contribution in [1.82, 2.24) is 4.31 Å². The maximum absolute atomic E-state index is 13.1. The van der Waals surface area contributed by atoms with E-state index in [4.69, 9.17) is 11.6 Å². The number of hydrogen-bond acceptors (Lipinski definition) is 3. The standard InChI is InChI=1S/C23H29ClN2O3S/c1-2-3-6-18-8-12-20(13-9-18)25-23(27)17-21-7-4-5-16-26(21)30(28,29)22-14-10-19(24)11-15-22/h8-15,21H,2-7,16-17H2,1H3,(H,25,27)/t21-/m1/s1. The van der Waals surface area contributed by atoms with Gasteiger partial charge in [-0.05, 0) is 67.6 Å². The molecule has 162 valence electrons. The summed E-state index contributed by atoms with van der Waals surface area (Å²) in [6.45, 7) is 2.59. The van der Waals surface area contributed by atoms with E-state index in [0.29, 0.717) is 18.0 Å². The molecule has 1 saturated heterocycles. The van der Waals surface area contributed by atoms with E-state index in [-0.39, 0.29) is 23.3 Å². The highest BCUT2D eigenvalue weighted by Gasteiger charge is 2.34. The summed E-state index contributed by atoms with van der Waals surface area (Å²) in [6.07, 6.45) is 5.85. The number of amides is 1. The van der Waals surface area contributed by atoms with Gasteiger partial charge in [0.25, 0.3) is 0 Å². The van der Waals surface area contributed by atoms with Crippen molar-refractivity contribution in [2.45, 2.75) is 62.8 Å². The molecule has 0 saturated carbocycles. The molecule has 1 fully saturated rings. The average molecular weight is 449 g/mol. The second-order valence-electron chi connectivity index (χ2n) is 7.77. The monoisotopic (exact) mass is 448 g/mol. The van der Waals surface area contributed by atoms with Crippen LogP contribution < -0.4 is 5.32 Å². The van der Waals surface area contributed by atoms with Crippen LogP contribution in [0.4, 0.5) is 5.69 Å². The van der Waals surface area contributed by atoms with Crippen molar-refractivity contribution >= 4 is 33.2 Å². The summed E-state index contributed by atoms with van der Waals surface area (Å²) in [5, 5.41) is 3.40. The van der Waals surface area contributed by atoms with Crippen LogP contribution >= 0.6 is 11.6 Å². The highest BCUT2D eigenvalue weighted by molar-refractivity contribution is 7.89. The van der Waals surface area contributed by atoms with Crippen molar-refractivity contribution in [3.63, 3.8) is 0 Å². The molecule has 0 unspecified atom stereocenters. The number of anilines is 1. The van der Waals surface area contributed by atoms with Gasteiger partial charge in [0.15, 0.2) is 0 Å². The van der Waals surface area contributed by atoms with Gasteiger partial charge >= 0.3 is 0 Å². The predicted molar refractivity (Wildman–Crippen MR) is 121 cm³/mol. The molecular formula is C23H29ClN2O3S. The third kappa shape index (κ3) is 5.84. The number of carbonyl (C=O) groups excluding carboxylic acids is 1. The summed E-state index contributed by atoms with van der Waals surface area (Å²) >= 11 is 5.90. The largest absolute Gasteiger partial charge is 0.326 e. The van der Waals surface area contributed by atoms with Crippen molar-refractivity contribution in [1.29, 1.82) is 0 Å². The molecule has 2 aromatic rings. The molecule has 2 aromatic carbocycles. The molecule has 0 aliphatic carbocycles. The smallest absolute Gasteiger partial charge is 0.243 e. The molecular weight excluding hydrogens is 420 g/mol. The van der Waals surface area contributed by atoms with Gasteiger partial charge in [0.2, 0.25) is 15.9 Å². The Labute approximate surface area is 184 Å². The minimum Gasteiger partial charge on any atom is -0.326 e. The number of nitrogens with zero attached hydrogens (tertiary/aromatic N) is 1. The molecule has 30 heavy (non-hydrogen) atoms. The Kier molecular flexibility index (Phi) is 7.92. The van der Waals surface area contributed by atoms with Crippen molar-refractivity contribution in [3.05, 3.63) is 59.1 Å². The highest BCUT2D eigenvalue weighted by Crippen LogP contribution is 2.28. The molecule has 1 amide bonds. The molecule has 0 bridgehead atoms. The first-order chi connectivity index (χ1) is 14.4. The maximum Gasteiger partial charge on any atom is 0.243 e. The molecule has 1 N–H and O–H groups in total. The number of unbranched alkanes of at least 4 members (excludes halogenated alkanes) is 1. The normalized spacial score (nSPS) is 17.6. The average Bonchev–Trinajstić information content (AvgIpc) is 2.74. The first kappa shape index (κ1) is 22.8. The Morgan fingerprint density at radius 1 is 1.10 bits per heavy atom. The van der Waals surface area contributed by atoms with Crippen molar-refractivity contribution in [2.75, 3.05) is 11.9 Å². The zero-order valence-corrected chi connectivity index (χ0v) is 18.9. The summed E-state index contributed by atoms with van der Waals surface area (Å²) in [6, 6.07) is 13.7. The Balaban J connectivity index is 1.66. The first-order valence-corrected chi connectivity index (χ1v) is 12.4. The van der Waals surface area contributed by atoms with Gasteiger partial charge in [-0.25, -0.2) is 8.42 Å². The molecule has 1 aliphatic heterocycles. The fourth-order valence-corrected chi connectivity index (χ4v) is 5.62. The molecule has 1 aliphatic rings. The highest BCUT2D eigenvalue weighted by atomic mass is 35.5. The van der Waals surface area contributed by atoms with Gasteiger partial charge in [0.1, 0.15) is 0 Å². The lowest BCUT2D eigenvalue weighted by Gasteiger charge is -2.34. The van der Waals surface area contributed by atoms with Crippen LogP contribution in [0.2, 0.25) is 5.02 Å². The molecule has 1 heterocycles. The number of rotatable bonds is 8. The van der Waals surface area contributed by atoms with Gasteiger partial charge in [-0.3, -0.25) is 4.79 Å². The molecule has 1 atom stereocenters. The molecule has 0 radical (unpaired) electrons. The van der Waals surface area contributed by atoms with Gasteiger partial charge < -0.3 is 5.32 Å². The van der Waals surface area contributed by atoms with E-state index in [1.165, 1.54) is 22.0 Å². The predicted octanol–water partition coefficient (Wildman–Crippen LogP) is 5.25. The first-order valence-electron chi connectivity index (χ1n) is 10.6. The van der Waals surface area contributed by atoms with Gasteiger partial charge in [-0.15, -0.1) is 0 Å². The number of piperidine rings is 1. The second kappa shape index (κ2) is 10.4. The van der Waals surface area contributed by atoms with Gasteiger partial charge in [0.05, 0.1) is 4.90 Å². The van der Waals surface area contributed by atoms with Crippen LogP contribution in [0, 0.1) is 0 Å². The van der Waals surface area contributed by atoms with Crippen LogP contribution in [0.1, 0.15) is 51.0 Å². The number of sulfonamides is 1. The molecule has 0 aromatic heterocycles. The van der Waals surface area contributed by atoms with Crippen LogP contribution in [0.25, 0.3) is 0 Å². The van der Waals surface area contributed by atoms with E-state index in [9.17, 15) is 13.2 Å². The lowest BCUT2D eigenvalue weighted by Crippen LogP contribution is -2.45. The fraction of sp³-hybridized carbons (Fsp3) is 0.435. The number of nitrogens with one attached hydrogen (secondary N) is 1. The zero-order chi connectivity index (χ0) is 21.6. The minimum atomic E-state index is -3.67. The lowest BCUT2D eigenvalue weighted by molar-refractivity contribution is -0.117. The number of aryl methyl sites for hydroxylation is 1. The molecule has 0 spiro atoms. The van der Waals surface area contributed by atoms with Gasteiger partial charge in [-0.2, -0.15) is 4.31 Å². The van der Waals surface area contributed by atoms with E-state index >= 15 is 0 Å². The van der Waals surface area contributed by atoms with Crippen LogP contribution in [0.15, 0.2) is 53.4 Å². The Morgan fingerprint density at radius 2 is 1.80 bits per heavy atom. The summed E-state index contributed by atoms with van der Waals surface area (Å²) in [4.78, 5) is 12.9. The topological polar surface area (TPSA) is 66.5 Å². The quantitative estimate of drug-likeness (QED) is 0.599. The van der Waals surface area contributed by atoms with E-state index in [1.54, 1.807) is 12.1 Å². The molecule has 7 heteroatoms. The van der Waals surface area contributed by atoms with Gasteiger partial charge in [0, 0.05) is 29.7 Å². The van der Waals surface area contributed by atoms with Crippen LogP contribution in [-0.4, -0.2) is 31.2 Å². The van der Waals surface area contributed by atoms with E-state index in [2.05, 4.69) is 12.2 Å². The SMILES string of the molecule is CCCCc1ccc(NC(=O)C[C@H]2CCCCN2S(=O)(=O)c2ccc(Cl)cc2)cc1. The lowest BCUT2D eigenvalue weighted by atomic mass is 10.0. The van der Waals surface area contributed by atoms with Crippen molar-refractivity contribution in [2.24, 2.45) is 0 Å². The molecule has 3 rings (SSSR count). The summed E-state index contributed by atoms with van der Waals surface area (Å²) in [5.41, 5.74) is 1.99. The van der Waals surface area contributed by atoms with Crippen LogP contribution in [-0.2, 0) is 21.2 Å². The summed E-state index contributed by atoms with van der Waals surface area (Å²) in [7, 11) is -3.67. The van der Waals surface area contributed by atoms with E-state index < -0.39 is 10.0 Å². The summed E-state index contributed by atoms with van der Waals surface area (Å²) in [5.74, 6) is -0.167. The Bertz CT molecular complexity index is 943. The summed E-state index contributed by atoms with van der Waals surface area (Å²) < 4.78 is 27.7. The minimum absolute atomic E-state index is 0.143. The van der Waals surface area contributed by atoms with E-state index in [0.717, 1.165) is 37.8 Å².